The lowest BCUT2D eigenvalue weighted by Crippen LogP contribution is -2.36. The van der Waals surface area contributed by atoms with E-state index in [9.17, 15) is 22.8 Å². The van der Waals surface area contributed by atoms with Gasteiger partial charge in [-0.2, -0.15) is 13.2 Å². The molecule has 0 amide bonds. The number of nitrogens with zero attached hydrogens (tertiary/aromatic N) is 1. The Bertz CT molecular complexity index is 857. The highest BCUT2D eigenvalue weighted by Gasteiger charge is 2.48. The second-order valence-corrected chi connectivity index (χ2v) is 6.75. The first-order valence-electron chi connectivity index (χ1n) is 9.03. The SMILES string of the molecule is CCCCOC(=O)C1C(C)=NC2=C(C(=O)OC2)C1c1ccccc1C(F)(F)F. The van der Waals surface area contributed by atoms with Crippen LogP contribution >= 0.6 is 0 Å². The Morgan fingerprint density at radius 3 is 2.71 bits per heavy atom. The van der Waals surface area contributed by atoms with Crippen LogP contribution in [0.2, 0.25) is 0 Å². The molecule has 0 N–H and O–H groups in total. The molecule has 0 aromatic heterocycles. The van der Waals surface area contributed by atoms with Crippen molar-refractivity contribution in [3.8, 4) is 0 Å². The minimum absolute atomic E-state index is 0.000239. The van der Waals surface area contributed by atoms with Gasteiger partial charge in [0.1, 0.15) is 12.5 Å². The van der Waals surface area contributed by atoms with Crippen LogP contribution in [-0.2, 0) is 25.2 Å². The third-order valence-electron chi connectivity index (χ3n) is 4.87. The summed E-state index contributed by atoms with van der Waals surface area (Å²) in [5.74, 6) is -3.72. The van der Waals surface area contributed by atoms with E-state index in [0.29, 0.717) is 12.1 Å². The minimum atomic E-state index is -4.64. The summed E-state index contributed by atoms with van der Waals surface area (Å²) in [7, 11) is 0. The van der Waals surface area contributed by atoms with Crippen molar-refractivity contribution >= 4 is 17.7 Å². The first-order valence-corrected chi connectivity index (χ1v) is 9.03. The van der Waals surface area contributed by atoms with Gasteiger partial charge >= 0.3 is 18.1 Å². The van der Waals surface area contributed by atoms with Crippen LogP contribution in [0.3, 0.4) is 0 Å². The lowest BCUT2D eigenvalue weighted by atomic mass is 9.74. The molecule has 2 atom stereocenters. The molecule has 2 aliphatic heterocycles. The number of unbranched alkanes of at least 4 members (excludes halogenated alkanes) is 1. The van der Waals surface area contributed by atoms with E-state index in [4.69, 9.17) is 9.47 Å². The zero-order valence-electron chi connectivity index (χ0n) is 15.5. The fourth-order valence-electron chi connectivity index (χ4n) is 3.57. The molecule has 5 nitrogen and oxygen atoms in total. The summed E-state index contributed by atoms with van der Waals surface area (Å²) < 4.78 is 51.2. The number of hydrogen-bond donors (Lipinski definition) is 0. The van der Waals surface area contributed by atoms with Crippen molar-refractivity contribution in [1.82, 2.24) is 0 Å². The number of cyclic esters (lactones) is 1. The van der Waals surface area contributed by atoms with Crippen LogP contribution in [0, 0.1) is 5.92 Å². The van der Waals surface area contributed by atoms with Gasteiger partial charge in [-0.15, -0.1) is 0 Å². The standard InChI is InChI=1S/C20H20F3NO4/c1-3-4-9-27-18(25)15-11(2)24-14-10-28-19(26)17(14)16(15)12-7-5-6-8-13(12)20(21,22)23/h5-8,15-16H,3-4,9-10H2,1-2H3. The largest absolute Gasteiger partial charge is 0.465 e. The summed E-state index contributed by atoms with van der Waals surface area (Å²) in [5, 5.41) is 0. The summed E-state index contributed by atoms with van der Waals surface area (Å²) >= 11 is 0. The second-order valence-electron chi connectivity index (χ2n) is 6.75. The van der Waals surface area contributed by atoms with Gasteiger partial charge < -0.3 is 9.47 Å². The van der Waals surface area contributed by atoms with E-state index >= 15 is 0 Å². The number of carbonyl (C=O) groups excluding carboxylic acids is 2. The number of benzene rings is 1. The third-order valence-corrected chi connectivity index (χ3v) is 4.87. The molecule has 28 heavy (non-hydrogen) atoms. The average molecular weight is 395 g/mol. The van der Waals surface area contributed by atoms with Crippen LogP contribution in [0.5, 0.6) is 0 Å². The number of alkyl halides is 3. The highest BCUT2D eigenvalue weighted by molar-refractivity contribution is 6.07. The molecule has 1 aromatic carbocycles. The number of carbonyl (C=O) groups is 2. The van der Waals surface area contributed by atoms with E-state index in [1.807, 2.05) is 6.92 Å². The lowest BCUT2D eigenvalue weighted by molar-refractivity contribution is -0.147. The Labute approximate surface area is 160 Å². The molecule has 0 radical (unpaired) electrons. The summed E-state index contributed by atoms with van der Waals surface area (Å²) in [6, 6.07) is 4.95. The highest BCUT2D eigenvalue weighted by Crippen LogP contribution is 2.46. The van der Waals surface area contributed by atoms with Crippen LogP contribution in [0.1, 0.15) is 43.7 Å². The van der Waals surface area contributed by atoms with E-state index in [1.54, 1.807) is 6.92 Å². The maximum absolute atomic E-state index is 13.6. The molecule has 2 aliphatic rings. The summed E-state index contributed by atoms with van der Waals surface area (Å²) in [4.78, 5) is 29.3. The molecule has 0 saturated carbocycles. The van der Waals surface area contributed by atoms with Gasteiger partial charge in [0.2, 0.25) is 0 Å². The molecule has 150 valence electrons. The molecule has 2 unspecified atom stereocenters. The van der Waals surface area contributed by atoms with E-state index in [-0.39, 0.29) is 30.0 Å². The van der Waals surface area contributed by atoms with Gasteiger partial charge in [0.05, 0.1) is 23.4 Å². The van der Waals surface area contributed by atoms with E-state index in [0.717, 1.165) is 12.5 Å². The Morgan fingerprint density at radius 2 is 2.04 bits per heavy atom. The number of halogens is 3. The van der Waals surface area contributed by atoms with Gasteiger partial charge in [-0.05, 0) is 25.0 Å². The monoisotopic (exact) mass is 395 g/mol. The predicted molar refractivity (Wildman–Crippen MR) is 94.6 cm³/mol. The summed E-state index contributed by atoms with van der Waals surface area (Å²) in [5.41, 5.74) is -0.483. The van der Waals surface area contributed by atoms with Crippen LogP contribution in [0.4, 0.5) is 13.2 Å². The van der Waals surface area contributed by atoms with Gasteiger partial charge in [-0.25, -0.2) is 4.79 Å². The van der Waals surface area contributed by atoms with Crippen molar-refractivity contribution in [1.29, 1.82) is 0 Å². The average Bonchev–Trinajstić information content (AvgIpc) is 3.00. The smallest absolute Gasteiger partial charge is 0.416 e. The summed E-state index contributed by atoms with van der Waals surface area (Å²) in [6.45, 7) is 3.52. The Morgan fingerprint density at radius 1 is 1.32 bits per heavy atom. The zero-order valence-corrected chi connectivity index (χ0v) is 15.5. The van der Waals surface area contributed by atoms with Gasteiger partial charge in [-0.1, -0.05) is 31.5 Å². The normalized spacial score (nSPS) is 21.9. The van der Waals surface area contributed by atoms with Gasteiger partial charge in [0, 0.05) is 11.6 Å². The first kappa shape index (κ1) is 20.1. The number of esters is 2. The molecule has 8 heteroatoms. The van der Waals surface area contributed by atoms with Crippen LogP contribution in [-0.4, -0.2) is 30.9 Å². The predicted octanol–water partition coefficient (Wildman–Crippen LogP) is 4.03. The highest BCUT2D eigenvalue weighted by atomic mass is 19.4. The zero-order chi connectivity index (χ0) is 20.5. The fourth-order valence-corrected chi connectivity index (χ4v) is 3.57. The maximum atomic E-state index is 13.6. The van der Waals surface area contributed by atoms with Crippen LogP contribution < -0.4 is 0 Å². The number of ether oxygens (including phenoxy) is 2. The molecule has 3 rings (SSSR count). The van der Waals surface area contributed by atoms with Crippen LogP contribution in [0.25, 0.3) is 0 Å². The molecule has 0 saturated heterocycles. The van der Waals surface area contributed by atoms with E-state index < -0.39 is 35.5 Å². The third kappa shape index (κ3) is 3.68. The Hall–Kier alpha value is -2.64. The Kier molecular flexibility index (Phi) is 5.58. The number of aliphatic imine (C=N–C) groups is 1. The van der Waals surface area contributed by atoms with E-state index in [2.05, 4.69) is 4.99 Å². The van der Waals surface area contributed by atoms with Gasteiger partial charge in [0.15, 0.2) is 0 Å². The van der Waals surface area contributed by atoms with Crippen molar-refractivity contribution in [2.75, 3.05) is 13.2 Å². The lowest BCUT2D eigenvalue weighted by Gasteiger charge is -2.31. The molecule has 2 heterocycles. The molecule has 0 fully saturated rings. The number of hydrogen-bond acceptors (Lipinski definition) is 5. The quantitative estimate of drug-likeness (QED) is 0.558. The number of rotatable bonds is 5. The van der Waals surface area contributed by atoms with E-state index in [1.165, 1.54) is 18.2 Å². The molecule has 1 aromatic rings. The Balaban J connectivity index is 2.12. The molecule has 0 spiro atoms. The molecule has 0 aliphatic carbocycles. The maximum Gasteiger partial charge on any atom is 0.416 e. The summed E-state index contributed by atoms with van der Waals surface area (Å²) in [6.07, 6.45) is -3.21. The van der Waals surface area contributed by atoms with Crippen molar-refractivity contribution in [2.45, 2.75) is 38.8 Å². The molecular formula is C20H20F3NO4. The first-order chi connectivity index (χ1) is 13.3. The van der Waals surface area contributed by atoms with Gasteiger partial charge in [-0.3, -0.25) is 9.79 Å². The molecular weight excluding hydrogens is 375 g/mol. The van der Waals surface area contributed by atoms with Crippen LogP contribution in [0.15, 0.2) is 40.5 Å². The van der Waals surface area contributed by atoms with Crippen molar-refractivity contribution in [3.63, 3.8) is 0 Å². The topological polar surface area (TPSA) is 65.0 Å². The second kappa shape index (κ2) is 7.77. The van der Waals surface area contributed by atoms with Crippen molar-refractivity contribution in [2.24, 2.45) is 10.9 Å². The van der Waals surface area contributed by atoms with Gasteiger partial charge in [0.25, 0.3) is 0 Å². The van der Waals surface area contributed by atoms with Crippen molar-refractivity contribution in [3.05, 3.63) is 46.7 Å². The molecule has 0 bridgehead atoms. The van der Waals surface area contributed by atoms with Crippen molar-refractivity contribution < 1.29 is 32.2 Å². The minimum Gasteiger partial charge on any atom is -0.465 e. The fraction of sp³-hybridized carbons (Fsp3) is 0.450.